The highest BCUT2D eigenvalue weighted by Crippen LogP contribution is 2.25. The van der Waals surface area contributed by atoms with E-state index >= 15 is 0 Å². The number of hydrogen-bond acceptors (Lipinski definition) is 6. The molecule has 0 aliphatic carbocycles. The van der Waals surface area contributed by atoms with E-state index < -0.39 is 6.04 Å². The van der Waals surface area contributed by atoms with E-state index in [1.807, 2.05) is 117 Å². The van der Waals surface area contributed by atoms with Crippen LogP contribution >= 0.6 is 0 Å². The van der Waals surface area contributed by atoms with Crippen molar-refractivity contribution in [3.8, 4) is 16.9 Å². The molecular weight excluding hydrogens is 512 g/mol. The molecule has 0 spiro atoms. The topological polar surface area (TPSA) is 101 Å². The highest BCUT2D eigenvalue weighted by atomic mass is 16.5. The SMILES string of the molecule is COc1ccc(CN(N)C(=N)c2ccccc2-c2ccc(CNC(C(=O)OCc3ccccc3)C(C)C)cc2)cc1. The fourth-order valence-electron chi connectivity index (χ4n) is 4.54. The molecule has 0 aliphatic rings. The standard InChI is InChI=1S/C34H38N4O3/c1-24(2)32(34(39)41-23-27-9-5-4-6-10-27)37-21-25-13-17-28(18-14-25)30-11-7-8-12-31(30)33(35)38(36)22-26-15-19-29(40-3)20-16-26/h4-20,24,32,35,37H,21-23,36H2,1-3H3. The number of benzene rings is 4. The molecule has 4 N–H and O–H groups in total. The van der Waals surface area contributed by atoms with Gasteiger partial charge in [-0.2, -0.15) is 0 Å². The number of carbonyl (C=O) groups is 1. The number of ether oxygens (including phenoxy) is 2. The Kier molecular flexibility index (Phi) is 10.3. The maximum atomic E-state index is 12.8. The van der Waals surface area contributed by atoms with E-state index in [9.17, 15) is 4.79 Å². The van der Waals surface area contributed by atoms with Crippen LogP contribution in [0.5, 0.6) is 5.75 Å². The molecule has 4 aromatic carbocycles. The summed E-state index contributed by atoms with van der Waals surface area (Å²) >= 11 is 0. The average molecular weight is 551 g/mol. The Labute approximate surface area is 242 Å². The van der Waals surface area contributed by atoms with E-state index in [-0.39, 0.29) is 24.3 Å². The molecule has 0 amide bonds. The van der Waals surface area contributed by atoms with Gasteiger partial charge in [-0.3, -0.25) is 15.2 Å². The second-order valence-electron chi connectivity index (χ2n) is 10.3. The van der Waals surface area contributed by atoms with Crippen LogP contribution in [0.3, 0.4) is 0 Å². The minimum atomic E-state index is -0.416. The Hall–Kier alpha value is -4.46. The van der Waals surface area contributed by atoms with Gasteiger partial charge in [0.05, 0.1) is 13.7 Å². The van der Waals surface area contributed by atoms with Crippen molar-refractivity contribution >= 4 is 11.8 Å². The second kappa shape index (κ2) is 14.3. The summed E-state index contributed by atoms with van der Waals surface area (Å²) in [6.07, 6.45) is 0. The number of hydrogen-bond donors (Lipinski definition) is 3. The number of nitrogens with zero attached hydrogens (tertiary/aromatic N) is 1. The molecule has 4 rings (SSSR count). The number of amidine groups is 1. The van der Waals surface area contributed by atoms with Crippen LogP contribution in [0.25, 0.3) is 11.1 Å². The van der Waals surface area contributed by atoms with Crippen LogP contribution in [0.2, 0.25) is 0 Å². The summed E-state index contributed by atoms with van der Waals surface area (Å²) in [5.74, 6) is 7.16. The van der Waals surface area contributed by atoms with Crippen molar-refractivity contribution < 1.29 is 14.3 Å². The van der Waals surface area contributed by atoms with Crippen LogP contribution in [-0.4, -0.2) is 30.0 Å². The summed E-state index contributed by atoms with van der Waals surface area (Å²) in [4.78, 5) is 12.8. The van der Waals surface area contributed by atoms with Crippen LogP contribution in [-0.2, 0) is 29.2 Å². The first-order valence-electron chi connectivity index (χ1n) is 13.7. The molecule has 0 fully saturated rings. The third kappa shape index (κ3) is 8.03. The number of esters is 1. The van der Waals surface area contributed by atoms with Gasteiger partial charge >= 0.3 is 5.97 Å². The number of carbonyl (C=O) groups excluding carboxylic acids is 1. The van der Waals surface area contributed by atoms with Gasteiger partial charge < -0.3 is 14.8 Å². The van der Waals surface area contributed by atoms with Gasteiger partial charge in [0.25, 0.3) is 0 Å². The number of nitrogens with two attached hydrogens (primary N) is 1. The first kappa shape index (κ1) is 29.5. The molecule has 41 heavy (non-hydrogen) atoms. The van der Waals surface area contributed by atoms with Crippen molar-refractivity contribution in [2.75, 3.05) is 7.11 Å². The fourth-order valence-corrected chi connectivity index (χ4v) is 4.54. The fraction of sp³-hybridized carbons (Fsp3) is 0.235. The molecule has 0 radical (unpaired) electrons. The molecule has 0 saturated carbocycles. The lowest BCUT2D eigenvalue weighted by Gasteiger charge is -2.22. The van der Waals surface area contributed by atoms with E-state index in [2.05, 4.69) is 5.32 Å². The average Bonchev–Trinajstić information content (AvgIpc) is 3.00. The molecule has 0 saturated heterocycles. The van der Waals surface area contributed by atoms with E-state index in [4.69, 9.17) is 20.7 Å². The predicted octanol–water partition coefficient (Wildman–Crippen LogP) is 5.92. The molecule has 1 atom stereocenters. The van der Waals surface area contributed by atoms with E-state index in [1.54, 1.807) is 7.11 Å². The number of hydrazine groups is 1. The van der Waals surface area contributed by atoms with Crippen molar-refractivity contribution in [2.24, 2.45) is 11.8 Å². The van der Waals surface area contributed by atoms with Gasteiger partial charge in [-0.15, -0.1) is 0 Å². The minimum absolute atomic E-state index is 0.0764. The lowest BCUT2D eigenvalue weighted by molar-refractivity contribution is -0.148. The largest absolute Gasteiger partial charge is 0.497 e. The third-order valence-electron chi connectivity index (χ3n) is 6.92. The van der Waals surface area contributed by atoms with Gasteiger partial charge in [0.1, 0.15) is 24.2 Å². The monoisotopic (exact) mass is 550 g/mol. The molecule has 0 bridgehead atoms. The molecular formula is C34H38N4O3. The molecule has 4 aromatic rings. The van der Waals surface area contributed by atoms with Crippen molar-refractivity contribution in [3.63, 3.8) is 0 Å². The summed E-state index contributed by atoms with van der Waals surface area (Å²) in [7, 11) is 1.63. The molecule has 0 heterocycles. The van der Waals surface area contributed by atoms with Crippen LogP contribution in [0, 0.1) is 11.3 Å². The minimum Gasteiger partial charge on any atom is -0.497 e. The van der Waals surface area contributed by atoms with Gasteiger partial charge in [-0.1, -0.05) is 105 Å². The Morgan fingerprint density at radius 1 is 0.854 bits per heavy atom. The Bertz CT molecular complexity index is 1420. The smallest absolute Gasteiger partial charge is 0.323 e. The normalized spacial score (nSPS) is 11.6. The highest BCUT2D eigenvalue weighted by molar-refractivity contribution is 6.02. The lowest BCUT2D eigenvalue weighted by atomic mass is 9.97. The summed E-state index contributed by atoms with van der Waals surface area (Å²) in [5.41, 5.74) is 5.64. The van der Waals surface area contributed by atoms with Crippen LogP contribution in [0.1, 0.15) is 36.1 Å². The lowest BCUT2D eigenvalue weighted by Crippen LogP contribution is -2.41. The molecule has 0 aromatic heterocycles. The van der Waals surface area contributed by atoms with Crippen LogP contribution in [0.15, 0.2) is 103 Å². The van der Waals surface area contributed by atoms with Crippen LogP contribution < -0.4 is 15.9 Å². The second-order valence-corrected chi connectivity index (χ2v) is 10.3. The van der Waals surface area contributed by atoms with E-state index in [0.29, 0.717) is 13.1 Å². The molecule has 1 unspecified atom stereocenters. The highest BCUT2D eigenvalue weighted by Gasteiger charge is 2.23. The zero-order valence-corrected chi connectivity index (χ0v) is 23.8. The number of rotatable bonds is 12. The summed E-state index contributed by atoms with van der Waals surface area (Å²) in [6, 6.07) is 32.8. The van der Waals surface area contributed by atoms with Gasteiger partial charge in [0, 0.05) is 12.1 Å². The maximum Gasteiger partial charge on any atom is 0.323 e. The zero-order valence-electron chi connectivity index (χ0n) is 23.8. The quantitative estimate of drug-likeness (QED) is 0.0666. The molecule has 212 valence electrons. The number of nitrogens with one attached hydrogen (secondary N) is 2. The van der Waals surface area contributed by atoms with Crippen molar-refractivity contribution in [3.05, 3.63) is 125 Å². The Morgan fingerprint density at radius 3 is 2.15 bits per heavy atom. The van der Waals surface area contributed by atoms with E-state index in [1.165, 1.54) is 5.01 Å². The maximum absolute atomic E-state index is 12.8. The van der Waals surface area contributed by atoms with Crippen molar-refractivity contribution in [2.45, 2.75) is 39.6 Å². The summed E-state index contributed by atoms with van der Waals surface area (Å²) in [5, 5.41) is 13.6. The third-order valence-corrected chi connectivity index (χ3v) is 6.92. The van der Waals surface area contributed by atoms with Crippen molar-refractivity contribution in [1.29, 1.82) is 5.41 Å². The summed E-state index contributed by atoms with van der Waals surface area (Å²) in [6.45, 7) is 5.19. The molecule has 0 aliphatic heterocycles. The number of methoxy groups -OCH3 is 1. The molecule has 7 nitrogen and oxygen atoms in total. The first-order chi connectivity index (χ1) is 19.9. The van der Waals surface area contributed by atoms with Crippen molar-refractivity contribution in [1.82, 2.24) is 10.3 Å². The predicted molar refractivity (Wildman–Crippen MR) is 163 cm³/mol. The van der Waals surface area contributed by atoms with E-state index in [0.717, 1.165) is 39.1 Å². The Balaban J connectivity index is 1.39. The Morgan fingerprint density at radius 2 is 1.49 bits per heavy atom. The van der Waals surface area contributed by atoms with Gasteiger partial charge in [-0.25, -0.2) is 5.84 Å². The first-order valence-corrected chi connectivity index (χ1v) is 13.7. The zero-order chi connectivity index (χ0) is 29.2. The van der Waals surface area contributed by atoms with Gasteiger partial charge in [0.15, 0.2) is 0 Å². The summed E-state index contributed by atoms with van der Waals surface area (Å²) < 4.78 is 10.8. The van der Waals surface area contributed by atoms with Gasteiger partial charge in [0.2, 0.25) is 0 Å². The van der Waals surface area contributed by atoms with Crippen LogP contribution in [0.4, 0.5) is 0 Å². The van der Waals surface area contributed by atoms with Gasteiger partial charge in [-0.05, 0) is 45.9 Å². The molecule has 7 heteroatoms.